The third-order valence-electron chi connectivity index (χ3n) is 2.67. The molecule has 17 heavy (non-hydrogen) atoms. The second-order valence-electron chi connectivity index (χ2n) is 4.03. The van der Waals surface area contributed by atoms with Gasteiger partial charge in [0.05, 0.1) is 5.56 Å². The molecule has 0 aromatic heterocycles. The predicted octanol–water partition coefficient (Wildman–Crippen LogP) is 3.35. The molecule has 0 heterocycles. The number of amides is 1. The minimum atomic E-state index is -0.250. The van der Waals surface area contributed by atoms with Gasteiger partial charge in [-0.2, -0.15) is 0 Å². The van der Waals surface area contributed by atoms with Crippen LogP contribution in [0.4, 0.5) is 0 Å². The van der Waals surface area contributed by atoms with Crippen molar-refractivity contribution in [2.24, 2.45) is 0 Å². The summed E-state index contributed by atoms with van der Waals surface area (Å²) in [7, 11) is 0. The molecular weight excluding hydrogens is 238 g/mol. The third kappa shape index (κ3) is 3.93. The van der Waals surface area contributed by atoms with Gasteiger partial charge in [0.2, 0.25) is 0 Å². The highest BCUT2D eigenvalue weighted by Crippen LogP contribution is 2.22. The lowest BCUT2D eigenvalue weighted by Crippen LogP contribution is -2.34. The Balaban J connectivity index is 2.75. The van der Waals surface area contributed by atoms with Crippen LogP contribution in [0.1, 0.15) is 43.5 Å². The average molecular weight is 256 g/mol. The minimum absolute atomic E-state index is 0.0821. The first-order chi connectivity index (χ1) is 8.08. The molecule has 0 bridgehead atoms. The van der Waals surface area contributed by atoms with Gasteiger partial charge in [-0.3, -0.25) is 4.79 Å². The topological polar surface area (TPSA) is 49.3 Å². The smallest absolute Gasteiger partial charge is 0.255 e. The van der Waals surface area contributed by atoms with E-state index < -0.39 is 0 Å². The van der Waals surface area contributed by atoms with Crippen molar-refractivity contribution in [1.29, 1.82) is 0 Å². The van der Waals surface area contributed by atoms with E-state index in [-0.39, 0.29) is 23.3 Å². The van der Waals surface area contributed by atoms with Crippen LogP contribution < -0.4 is 5.32 Å². The summed E-state index contributed by atoms with van der Waals surface area (Å²) < 4.78 is 0. The SMILES string of the molecule is CCCC(CC)NC(=O)c1ccc(Cl)cc1O. The third-order valence-corrected chi connectivity index (χ3v) is 2.90. The van der Waals surface area contributed by atoms with Crippen molar-refractivity contribution in [3.8, 4) is 5.75 Å². The summed E-state index contributed by atoms with van der Waals surface area (Å²) in [6, 6.07) is 4.66. The Morgan fingerprint density at radius 3 is 2.71 bits per heavy atom. The Morgan fingerprint density at radius 1 is 1.47 bits per heavy atom. The molecule has 0 aliphatic carbocycles. The molecule has 0 saturated heterocycles. The summed E-state index contributed by atoms with van der Waals surface area (Å²) in [6.45, 7) is 4.11. The van der Waals surface area contributed by atoms with Gasteiger partial charge >= 0.3 is 0 Å². The molecule has 0 fully saturated rings. The highest BCUT2D eigenvalue weighted by atomic mass is 35.5. The number of carbonyl (C=O) groups excluding carboxylic acids is 1. The van der Waals surface area contributed by atoms with Crippen LogP contribution >= 0.6 is 11.6 Å². The Hall–Kier alpha value is -1.22. The van der Waals surface area contributed by atoms with Crippen molar-refractivity contribution < 1.29 is 9.90 Å². The minimum Gasteiger partial charge on any atom is -0.507 e. The molecule has 1 unspecified atom stereocenters. The Kier molecular flexibility index (Phi) is 5.29. The van der Waals surface area contributed by atoms with E-state index in [0.717, 1.165) is 19.3 Å². The van der Waals surface area contributed by atoms with Gasteiger partial charge in [-0.15, -0.1) is 0 Å². The Bertz CT molecular complexity index is 393. The van der Waals surface area contributed by atoms with Gasteiger partial charge in [0, 0.05) is 11.1 Å². The molecule has 1 atom stereocenters. The van der Waals surface area contributed by atoms with Crippen LogP contribution in [0.25, 0.3) is 0 Å². The Morgan fingerprint density at radius 2 is 2.18 bits per heavy atom. The predicted molar refractivity (Wildman–Crippen MR) is 69.6 cm³/mol. The van der Waals surface area contributed by atoms with Gasteiger partial charge in [-0.05, 0) is 31.0 Å². The normalized spacial score (nSPS) is 12.2. The van der Waals surface area contributed by atoms with E-state index in [1.807, 2.05) is 6.92 Å². The van der Waals surface area contributed by atoms with Gasteiger partial charge in [0.15, 0.2) is 0 Å². The van der Waals surface area contributed by atoms with Crippen LogP contribution in [0.5, 0.6) is 5.75 Å². The van der Waals surface area contributed by atoms with E-state index in [2.05, 4.69) is 12.2 Å². The molecule has 0 radical (unpaired) electrons. The number of hydrogen-bond donors (Lipinski definition) is 2. The first-order valence-electron chi connectivity index (χ1n) is 5.87. The first kappa shape index (κ1) is 13.8. The van der Waals surface area contributed by atoms with E-state index in [4.69, 9.17) is 11.6 Å². The molecule has 1 rings (SSSR count). The maximum Gasteiger partial charge on any atom is 0.255 e. The van der Waals surface area contributed by atoms with Crippen molar-refractivity contribution >= 4 is 17.5 Å². The maximum absolute atomic E-state index is 11.9. The van der Waals surface area contributed by atoms with Crippen molar-refractivity contribution in [2.75, 3.05) is 0 Å². The van der Waals surface area contributed by atoms with Gasteiger partial charge < -0.3 is 10.4 Å². The largest absolute Gasteiger partial charge is 0.507 e. The fraction of sp³-hybridized carbons (Fsp3) is 0.462. The lowest BCUT2D eigenvalue weighted by molar-refractivity contribution is 0.0931. The monoisotopic (exact) mass is 255 g/mol. The molecular formula is C13H18ClNO2. The highest BCUT2D eigenvalue weighted by Gasteiger charge is 2.14. The summed E-state index contributed by atoms with van der Waals surface area (Å²) >= 11 is 5.71. The number of rotatable bonds is 5. The maximum atomic E-state index is 11.9. The van der Waals surface area contributed by atoms with Crippen molar-refractivity contribution in [2.45, 2.75) is 39.2 Å². The van der Waals surface area contributed by atoms with Gasteiger partial charge in [0.25, 0.3) is 5.91 Å². The number of aromatic hydroxyl groups is 1. The molecule has 3 nitrogen and oxygen atoms in total. The fourth-order valence-electron chi connectivity index (χ4n) is 1.69. The second kappa shape index (κ2) is 6.50. The van der Waals surface area contributed by atoms with Crippen LogP contribution in [0.3, 0.4) is 0 Å². The molecule has 0 aliphatic heterocycles. The van der Waals surface area contributed by atoms with E-state index >= 15 is 0 Å². The number of phenolic OH excluding ortho intramolecular Hbond substituents is 1. The highest BCUT2D eigenvalue weighted by molar-refractivity contribution is 6.30. The van der Waals surface area contributed by atoms with E-state index in [9.17, 15) is 9.90 Å². The van der Waals surface area contributed by atoms with Gasteiger partial charge in [-0.1, -0.05) is 31.9 Å². The number of benzene rings is 1. The standard InChI is InChI=1S/C13H18ClNO2/c1-3-5-10(4-2)15-13(17)11-7-6-9(14)8-12(11)16/h6-8,10,16H,3-5H2,1-2H3,(H,15,17). The zero-order chi connectivity index (χ0) is 12.8. The zero-order valence-electron chi connectivity index (χ0n) is 10.2. The lowest BCUT2D eigenvalue weighted by Gasteiger charge is -2.16. The molecule has 1 aromatic carbocycles. The molecule has 1 amide bonds. The number of halogens is 1. The van der Waals surface area contributed by atoms with Gasteiger partial charge in [-0.25, -0.2) is 0 Å². The number of carbonyl (C=O) groups is 1. The fourth-order valence-corrected chi connectivity index (χ4v) is 1.85. The lowest BCUT2D eigenvalue weighted by atomic mass is 10.1. The molecule has 0 spiro atoms. The summed E-state index contributed by atoms with van der Waals surface area (Å²) in [5.74, 6) is -0.333. The summed E-state index contributed by atoms with van der Waals surface area (Å²) in [5, 5.41) is 13.0. The van der Waals surface area contributed by atoms with Crippen LogP contribution in [-0.2, 0) is 0 Å². The summed E-state index contributed by atoms with van der Waals surface area (Å²) in [6.07, 6.45) is 2.84. The molecule has 0 aliphatic rings. The first-order valence-corrected chi connectivity index (χ1v) is 6.25. The van der Waals surface area contributed by atoms with Crippen LogP contribution in [0.15, 0.2) is 18.2 Å². The van der Waals surface area contributed by atoms with Crippen molar-refractivity contribution in [3.63, 3.8) is 0 Å². The number of hydrogen-bond acceptors (Lipinski definition) is 2. The molecule has 4 heteroatoms. The molecule has 2 N–H and O–H groups in total. The van der Waals surface area contributed by atoms with E-state index in [0.29, 0.717) is 5.02 Å². The number of phenols is 1. The Labute approximate surface area is 107 Å². The molecule has 0 saturated carbocycles. The average Bonchev–Trinajstić information content (AvgIpc) is 2.28. The van der Waals surface area contributed by atoms with Crippen LogP contribution in [-0.4, -0.2) is 17.1 Å². The van der Waals surface area contributed by atoms with Gasteiger partial charge in [0.1, 0.15) is 5.75 Å². The van der Waals surface area contributed by atoms with Crippen molar-refractivity contribution in [3.05, 3.63) is 28.8 Å². The van der Waals surface area contributed by atoms with E-state index in [1.54, 1.807) is 6.07 Å². The van der Waals surface area contributed by atoms with Crippen LogP contribution in [0.2, 0.25) is 5.02 Å². The second-order valence-corrected chi connectivity index (χ2v) is 4.47. The van der Waals surface area contributed by atoms with Crippen LogP contribution in [0, 0.1) is 0 Å². The van der Waals surface area contributed by atoms with E-state index in [1.165, 1.54) is 12.1 Å². The van der Waals surface area contributed by atoms with Crippen molar-refractivity contribution in [1.82, 2.24) is 5.32 Å². The quantitative estimate of drug-likeness (QED) is 0.848. The molecule has 1 aromatic rings. The zero-order valence-corrected chi connectivity index (χ0v) is 10.9. The summed E-state index contributed by atoms with van der Waals surface area (Å²) in [5.41, 5.74) is 0.268. The number of nitrogens with one attached hydrogen (secondary N) is 1. The molecule has 94 valence electrons. The summed E-state index contributed by atoms with van der Waals surface area (Å²) in [4.78, 5) is 11.9.